The molecule has 0 N–H and O–H groups in total. The van der Waals surface area contributed by atoms with Crippen molar-refractivity contribution in [2.24, 2.45) is 0 Å². The lowest BCUT2D eigenvalue weighted by atomic mass is 10.00. The molecule has 3 nitrogen and oxygen atoms in total. The van der Waals surface area contributed by atoms with E-state index in [-0.39, 0.29) is 17.8 Å². The third-order valence-corrected chi connectivity index (χ3v) is 5.93. The number of nitrogens with zero attached hydrogens (tertiary/aromatic N) is 2. The van der Waals surface area contributed by atoms with Crippen molar-refractivity contribution in [3.63, 3.8) is 0 Å². The van der Waals surface area contributed by atoms with Gasteiger partial charge in [0, 0.05) is 36.9 Å². The minimum Gasteiger partial charge on any atom is -0.305 e. The van der Waals surface area contributed by atoms with Crippen LogP contribution in [0.15, 0.2) is 78.9 Å². The Morgan fingerprint density at radius 2 is 1.58 bits per heavy atom. The lowest BCUT2D eigenvalue weighted by molar-refractivity contribution is -0.137. The van der Waals surface area contributed by atoms with Crippen molar-refractivity contribution in [3.05, 3.63) is 101 Å². The number of alkyl halides is 3. The highest BCUT2D eigenvalue weighted by Crippen LogP contribution is 2.31. The second-order valence-corrected chi connectivity index (χ2v) is 8.22. The lowest BCUT2D eigenvalue weighted by Crippen LogP contribution is -2.47. The number of anilines is 1. The average molecular weight is 456 g/mol. The van der Waals surface area contributed by atoms with E-state index in [9.17, 15) is 22.4 Å². The average Bonchev–Trinajstić information content (AvgIpc) is 2.82. The maximum atomic E-state index is 13.5. The minimum absolute atomic E-state index is 0.0964. The van der Waals surface area contributed by atoms with Crippen molar-refractivity contribution in [2.45, 2.75) is 31.6 Å². The molecule has 3 aromatic carbocycles. The summed E-state index contributed by atoms with van der Waals surface area (Å²) in [4.78, 5) is 17.2. The number of hydrogen-bond acceptors (Lipinski definition) is 2. The summed E-state index contributed by atoms with van der Waals surface area (Å²) in [5.41, 5.74) is 1.14. The number of benzene rings is 3. The fourth-order valence-corrected chi connectivity index (χ4v) is 4.26. The third-order valence-electron chi connectivity index (χ3n) is 5.93. The molecule has 0 bridgehead atoms. The highest BCUT2D eigenvalue weighted by atomic mass is 19.4. The van der Waals surface area contributed by atoms with Gasteiger partial charge in [0.15, 0.2) is 0 Å². The second-order valence-electron chi connectivity index (χ2n) is 8.22. The van der Waals surface area contributed by atoms with E-state index < -0.39 is 11.7 Å². The van der Waals surface area contributed by atoms with Crippen LogP contribution in [0.25, 0.3) is 0 Å². The first-order valence-electron chi connectivity index (χ1n) is 10.8. The monoisotopic (exact) mass is 456 g/mol. The molecule has 3 aromatic rings. The number of likely N-dealkylation sites (tertiary alicyclic amines) is 1. The van der Waals surface area contributed by atoms with Gasteiger partial charge in [-0.25, -0.2) is 4.39 Å². The van der Waals surface area contributed by atoms with Crippen LogP contribution in [0.3, 0.4) is 0 Å². The second kappa shape index (κ2) is 9.75. The molecule has 0 atom stereocenters. The third kappa shape index (κ3) is 5.60. The van der Waals surface area contributed by atoms with Crippen molar-refractivity contribution in [1.29, 1.82) is 0 Å². The Bertz CT molecular complexity index is 1080. The summed E-state index contributed by atoms with van der Waals surface area (Å²) < 4.78 is 52.5. The van der Waals surface area contributed by atoms with Gasteiger partial charge in [-0.3, -0.25) is 9.69 Å². The van der Waals surface area contributed by atoms with Gasteiger partial charge in [0.05, 0.1) is 5.56 Å². The van der Waals surface area contributed by atoms with Crippen LogP contribution in [0.2, 0.25) is 0 Å². The van der Waals surface area contributed by atoms with Gasteiger partial charge in [-0.1, -0.05) is 36.4 Å². The number of carbonyl (C=O) groups is 1. The van der Waals surface area contributed by atoms with E-state index in [1.807, 2.05) is 6.07 Å². The quantitative estimate of drug-likeness (QED) is 0.430. The molecule has 0 radical (unpaired) electrons. The van der Waals surface area contributed by atoms with E-state index in [1.54, 1.807) is 47.4 Å². The molecule has 1 amide bonds. The number of carbonyl (C=O) groups excluding carboxylic acids is 1. The molecular weight excluding hydrogens is 432 g/mol. The summed E-state index contributed by atoms with van der Waals surface area (Å²) >= 11 is 0. The zero-order valence-electron chi connectivity index (χ0n) is 17.9. The van der Waals surface area contributed by atoms with Gasteiger partial charge in [-0.2, -0.15) is 13.2 Å². The first-order valence-corrected chi connectivity index (χ1v) is 10.8. The Morgan fingerprint density at radius 3 is 2.21 bits per heavy atom. The molecule has 7 heteroatoms. The van der Waals surface area contributed by atoms with Crippen molar-refractivity contribution < 1.29 is 22.4 Å². The van der Waals surface area contributed by atoms with Crippen LogP contribution >= 0.6 is 0 Å². The predicted octanol–water partition coefficient (Wildman–Crippen LogP) is 6.16. The summed E-state index contributed by atoms with van der Waals surface area (Å²) in [5.74, 6) is -0.527. The van der Waals surface area contributed by atoms with E-state index in [0.29, 0.717) is 49.3 Å². The predicted molar refractivity (Wildman–Crippen MR) is 119 cm³/mol. The smallest absolute Gasteiger partial charge is 0.305 e. The maximum absolute atomic E-state index is 13.5. The van der Waals surface area contributed by atoms with Crippen molar-refractivity contribution in [2.75, 3.05) is 18.0 Å². The molecule has 1 heterocycles. The zero-order valence-corrected chi connectivity index (χ0v) is 17.9. The summed E-state index contributed by atoms with van der Waals surface area (Å²) in [6, 6.07) is 20.1. The normalized spacial score (nSPS) is 15.4. The Morgan fingerprint density at radius 1 is 0.909 bits per heavy atom. The Hall–Kier alpha value is -3.19. The Balaban J connectivity index is 1.48. The number of amides is 1. The standard InChI is InChI=1S/C26H24F4N2O/c27-22-9-11-23(12-10-22)32(25(33)20-6-2-1-3-7-20)24-13-15-31(16-14-24)18-19-5-4-8-21(17-19)26(28,29)30/h1-12,17,24H,13-16,18H2. The van der Waals surface area contributed by atoms with Crippen molar-refractivity contribution in [1.82, 2.24) is 4.90 Å². The molecule has 4 rings (SSSR count). The van der Waals surface area contributed by atoms with E-state index in [2.05, 4.69) is 4.90 Å². The lowest BCUT2D eigenvalue weighted by Gasteiger charge is -2.38. The highest BCUT2D eigenvalue weighted by molar-refractivity contribution is 6.06. The summed E-state index contributed by atoms with van der Waals surface area (Å²) in [6.45, 7) is 1.70. The van der Waals surface area contributed by atoms with Crippen molar-refractivity contribution >= 4 is 11.6 Å². The van der Waals surface area contributed by atoms with Crippen LogP contribution in [-0.2, 0) is 12.7 Å². The van der Waals surface area contributed by atoms with Gasteiger partial charge in [-0.05, 0) is 60.9 Å². The summed E-state index contributed by atoms with van der Waals surface area (Å²) in [5, 5.41) is 0. The summed E-state index contributed by atoms with van der Waals surface area (Å²) in [7, 11) is 0. The van der Waals surface area contributed by atoms with Gasteiger partial charge in [0.1, 0.15) is 5.82 Å². The van der Waals surface area contributed by atoms with Gasteiger partial charge in [0.25, 0.3) is 5.91 Å². The summed E-state index contributed by atoms with van der Waals surface area (Å²) in [6.07, 6.45) is -3.04. The largest absolute Gasteiger partial charge is 0.416 e. The number of halogens is 4. The van der Waals surface area contributed by atoms with Gasteiger partial charge < -0.3 is 4.90 Å². The van der Waals surface area contributed by atoms with Crippen molar-refractivity contribution in [3.8, 4) is 0 Å². The molecule has 33 heavy (non-hydrogen) atoms. The topological polar surface area (TPSA) is 23.6 Å². The SMILES string of the molecule is O=C(c1ccccc1)N(c1ccc(F)cc1)C1CCN(Cc2cccc(C(F)(F)F)c2)CC1. The number of piperidine rings is 1. The van der Waals surface area contributed by atoms with Crippen LogP contribution in [0, 0.1) is 5.82 Å². The Kier molecular flexibility index (Phi) is 6.79. The first-order chi connectivity index (χ1) is 15.8. The molecule has 0 saturated carbocycles. The fourth-order valence-electron chi connectivity index (χ4n) is 4.26. The van der Waals surface area contributed by atoms with Crippen LogP contribution in [0.1, 0.15) is 34.3 Å². The van der Waals surface area contributed by atoms with Crippen LogP contribution in [0.4, 0.5) is 23.2 Å². The molecule has 0 spiro atoms. The molecule has 0 unspecified atom stereocenters. The van der Waals surface area contributed by atoms with Gasteiger partial charge >= 0.3 is 6.18 Å². The zero-order chi connectivity index (χ0) is 23.4. The highest BCUT2D eigenvalue weighted by Gasteiger charge is 2.32. The molecular formula is C26H24F4N2O. The molecule has 1 aliphatic rings. The van der Waals surface area contributed by atoms with Crippen LogP contribution in [-0.4, -0.2) is 29.9 Å². The fraction of sp³-hybridized carbons (Fsp3) is 0.269. The number of hydrogen-bond donors (Lipinski definition) is 0. The number of rotatable bonds is 5. The van der Waals surface area contributed by atoms with E-state index >= 15 is 0 Å². The molecule has 1 saturated heterocycles. The molecule has 1 fully saturated rings. The van der Waals surface area contributed by atoms with E-state index in [0.717, 1.165) is 6.07 Å². The van der Waals surface area contributed by atoms with Crippen LogP contribution in [0.5, 0.6) is 0 Å². The minimum atomic E-state index is -4.36. The first kappa shape index (κ1) is 23.0. The maximum Gasteiger partial charge on any atom is 0.416 e. The van der Waals surface area contributed by atoms with Gasteiger partial charge in [-0.15, -0.1) is 0 Å². The molecule has 0 aromatic heterocycles. The Labute approximate surface area is 190 Å². The van der Waals surface area contributed by atoms with E-state index in [4.69, 9.17) is 0 Å². The molecule has 172 valence electrons. The van der Waals surface area contributed by atoms with Crippen LogP contribution < -0.4 is 4.90 Å². The van der Waals surface area contributed by atoms with E-state index in [1.165, 1.54) is 24.3 Å². The van der Waals surface area contributed by atoms with Gasteiger partial charge in [0.2, 0.25) is 0 Å². The molecule has 0 aliphatic carbocycles. The molecule has 1 aliphatic heterocycles.